The van der Waals surface area contributed by atoms with E-state index in [4.69, 9.17) is 0 Å². The Balaban J connectivity index is 1.66. The predicted molar refractivity (Wildman–Crippen MR) is 87.0 cm³/mol. The van der Waals surface area contributed by atoms with Crippen LogP contribution in [0.15, 0.2) is 30.6 Å². The number of imidazole rings is 1. The van der Waals surface area contributed by atoms with Crippen LogP contribution in [-0.2, 0) is 29.1 Å². The summed E-state index contributed by atoms with van der Waals surface area (Å²) in [4.78, 5) is 34.4. The van der Waals surface area contributed by atoms with E-state index < -0.39 is 12.0 Å². The van der Waals surface area contributed by atoms with Gasteiger partial charge in [0.2, 0.25) is 5.91 Å². The molecule has 0 saturated heterocycles. The van der Waals surface area contributed by atoms with Gasteiger partial charge in [-0.2, -0.15) is 0 Å². The molecule has 7 nitrogen and oxygen atoms in total. The Morgan fingerprint density at radius 2 is 2.12 bits per heavy atom. The first-order valence-electron chi connectivity index (χ1n) is 7.90. The maximum Gasteiger partial charge on any atom is 0.326 e. The highest BCUT2D eigenvalue weighted by Crippen LogP contribution is 2.21. The number of aliphatic carboxylic acids is 1. The monoisotopic (exact) mass is 346 g/mol. The molecule has 8 heteroatoms. The van der Waals surface area contributed by atoms with Crippen molar-refractivity contribution in [1.29, 1.82) is 0 Å². The maximum atomic E-state index is 13.0. The molecule has 1 aliphatic rings. The number of fused-ring (bicyclic) bond motifs is 1. The van der Waals surface area contributed by atoms with Crippen molar-refractivity contribution in [2.45, 2.75) is 25.6 Å². The highest BCUT2D eigenvalue weighted by atomic mass is 19.1. The number of carboxylic acid groups (broad SMARTS) is 1. The van der Waals surface area contributed by atoms with Crippen LogP contribution in [0.1, 0.15) is 17.0 Å². The number of halogens is 1. The van der Waals surface area contributed by atoms with Gasteiger partial charge in [-0.25, -0.2) is 14.2 Å². The normalized spacial score (nSPS) is 16.8. The predicted octanol–water partition coefficient (Wildman–Crippen LogP) is 1.02. The number of aromatic nitrogens is 2. The number of aromatic amines is 1. The molecule has 0 bridgehead atoms. The fourth-order valence-corrected chi connectivity index (χ4v) is 3.00. The Morgan fingerprint density at radius 1 is 1.40 bits per heavy atom. The SMILES string of the molecule is CN(CC(=O)N1Cc2[nH]cnc2C[C@H]1C(=O)O)Cc1ccc(F)cc1. The Kier molecular flexibility index (Phi) is 4.80. The second-order valence-electron chi connectivity index (χ2n) is 6.21. The van der Waals surface area contributed by atoms with Gasteiger partial charge in [0.05, 0.1) is 30.8 Å². The van der Waals surface area contributed by atoms with Crippen LogP contribution in [0.2, 0.25) is 0 Å². The standard InChI is InChI=1S/C17H19FN4O3/c1-21(7-11-2-4-12(18)5-3-11)9-16(23)22-8-14-13(19-10-20-14)6-15(22)17(24)25/h2-5,10,15H,6-9H2,1H3,(H,19,20)(H,24,25)/t15-/m0/s1. The summed E-state index contributed by atoms with van der Waals surface area (Å²) in [5.74, 6) is -1.61. The number of nitrogens with zero attached hydrogens (tertiary/aromatic N) is 3. The van der Waals surface area contributed by atoms with Crippen LogP contribution < -0.4 is 0 Å². The molecule has 1 atom stereocenters. The minimum absolute atomic E-state index is 0.0740. The minimum atomic E-state index is -1.04. The largest absolute Gasteiger partial charge is 0.480 e. The van der Waals surface area contributed by atoms with Crippen molar-refractivity contribution >= 4 is 11.9 Å². The van der Waals surface area contributed by atoms with E-state index in [1.54, 1.807) is 24.1 Å². The number of carbonyl (C=O) groups excluding carboxylic acids is 1. The molecule has 1 amide bonds. The van der Waals surface area contributed by atoms with Gasteiger partial charge in [-0.3, -0.25) is 9.69 Å². The van der Waals surface area contributed by atoms with Crippen molar-refractivity contribution in [3.63, 3.8) is 0 Å². The van der Waals surface area contributed by atoms with Crippen LogP contribution in [0.25, 0.3) is 0 Å². The van der Waals surface area contributed by atoms with Crippen molar-refractivity contribution in [2.24, 2.45) is 0 Å². The average molecular weight is 346 g/mol. The Bertz CT molecular complexity index is 774. The third-order valence-electron chi connectivity index (χ3n) is 4.28. The highest BCUT2D eigenvalue weighted by Gasteiger charge is 2.36. The molecule has 2 N–H and O–H groups in total. The zero-order valence-electron chi connectivity index (χ0n) is 13.8. The number of H-pyrrole nitrogens is 1. The Hall–Kier alpha value is -2.74. The van der Waals surface area contributed by atoms with Gasteiger partial charge in [0.1, 0.15) is 11.9 Å². The molecule has 0 unspecified atom stereocenters. The fourth-order valence-electron chi connectivity index (χ4n) is 3.00. The van der Waals surface area contributed by atoms with Crippen LogP contribution in [-0.4, -0.2) is 56.4 Å². The highest BCUT2D eigenvalue weighted by molar-refractivity contribution is 5.85. The third-order valence-corrected chi connectivity index (χ3v) is 4.28. The minimum Gasteiger partial charge on any atom is -0.480 e. The van der Waals surface area contributed by atoms with Gasteiger partial charge in [0.25, 0.3) is 0 Å². The summed E-state index contributed by atoms with van der Waals surface area (Å²) in [6.45, 7) is 0.743. The molecule has 2 aromatic rings. The van der Waals surface area contributed by atoms with Crippen molar-refractivity contribution in [3.05, 3.63) is 53.4 Å². The number of rotatable bonds is 5. The first-order valence-corrected chi connectivity index (χ1v) is 7.90. The van der Waals surface area contributed by atoms with Crippen molar-refractivity contribution in [3.8, 4) is 0 Å². The summed E-state index contributed by atoms with van der Waals surface area (Å²) in [5, 5.41) is 9.43. The lowest BCUT2D eigenvalue weighted by molar-refractivity contribution is -0.151. The van der Waals surface area contributed by atoms with Crippen molar-refractivity contribution in [1.82, 2.24) is 19.8 Å². The number of carboxylic acids is 1. The number of nitrogens with one attached hydrogen (secondary N) is 1. The zero-order chi connectivity index (χ0) is 18.0. The summed E-state index contributed by atoms with van der Waals surface area (Å²) >= 11 is 0. The molecule has 0 saturated carbocycles. The molecule has 1 aliphatic heterocycles. The zero-order valence-corrected chi connectivity index (χ0v) is 13.8. The van der Waals surface area contributed by atoms with Crippen LogP contribution >= 0.6 is 0 Å². The number of benzene rings is 1. The lowest BCUT2D eigenvalue weighted by Gasteiger charge is -2.33. The smallest absolute Gasteiger partial charge is 0.326 e. The lowest BCUT2D eigenvalue weighted by atomic mass is 10.0. The molecule has 3 rings (SSSR count). The van der Waals surface area contributed by atoms with Crippen LogP contribution in [0.3, 0.4) is 0 Å². The number of likely N-dealkylation sites (N-methyl/N-ethyl adjacent to an activating group) is 1. The summed E-state index contributed by atoms with van der Waals surface area (Å²) in [5.41, 5.74) is 2.34. The van der Waals surface area contributed by atoms with Gasteiger partial charge in [-0.05, 0) is 24.7 Å². The van der Waals surface area contributed by atoms with Crippen molar-refractivity contribution in [2.75, 3.05) is 13.6 Å². The first-order chi connectivity index (χ1) is 11.9. The topological polar surface area (TPSA) is 89.5 Å². The molecule has 2 heterocycles. The van der Waals surface area contributed by atoms with Gasteiger partial charge in [0.15, 0.2) is 0 Å². The van der Waals surface area contributed by atoms with Gasteiger partial charge >= 0.3 is 5.97 Å². The quantitative estimate of drug-likeness (QED) is 0.844. The number of amides is 1. The van der Waals surface area contributed by atoms with Crippen molar-refractivity contribution < 1.29 is 19.1 Å². The molecule has 25 heavy (non-hydrogen) atoms. The molecule has 0 radical (unpaired) electrons. The summed E-state index contributed by atoms with van der Waals surface area (Å²) < 4.78 is 13.0. The van der Waals surface area contributed by atoms with E-state index in [1.165, 1.54) is 23.4 Å². The fraction of sp³-hybridized carbons (Fsp3) is 0.353. The number of hydrogen-bond acceptors (Lipinski definition) is 4. The van der Waals surface area contributed by atoms with Gasteiger partial charge in [0, 0.05) is 13.0 Å². The molecule has 132 valence electrons. The van der Waals surface area contributed by atoms with E-state index in [2.05, 4.69) is 9.97 Å². The third kappa shape index (κ3) is 3.85. The second kappa shape index (κ2) is 7.02. The van der Waals surface area contributed by atoms with E-state index in [9.17, 15) is 19.1 Å². The second-order valence-corrected chi connectivity index (χ2v) is 6.21. The van der Waals surface area contributed by atoms with Crippen LogP contribution in [0, 0.1) is 5.82 Å². The maximum absolute atomic E-state index is 13.0. The molecular weight excluding hydrogens is 327 g/mol. The number of carbonyl (C=O) groups is 2. The van der Waals surface area contributed by atoms with Gasteiger partial charge in [-0.15, -0.1) is 0 Å². The van der Waals surface area contributed by atoms with E-state index in [0.29, 0.717) is 12.2 Å². The summed E-state index contributed by atoms with van der Waals surface area (Å²) in [7, 11) is 1.77. The average Bonchev–Trinajstić information content (AvgIpc) is 3.03. The van der Waals surface area contributed by atoms with E-state index in [0.717, 1.165) is 11.3 Å². The number of hydrogen-bond donors (Lipinski definition) is 2. The molecule has 1 aromatic heterocycles. The van der Waals surface area contributed by atoms with E-state index in [-0.39, 0.29) is 31.2 Å². The summed E-state index contributed by atoms with van der Waals surface area (Å²) in [6.07, 6.45) is 1.71. The first kappa shape index (κ1) is 17.1. The van der Waals surface area contributed by atoms with E-state index in [1.807, 2.05) is 0 Å². The van der Waals surface area contributed by atoms with E-state index >= 15 is 0 Å². The van der Waals surface area contributed by atoms with Gasteiger partial charge < -0.3 is 15.0 Å². The molecular formula is C17H19FN4O3. The lowest BCUT2D eigenvalue weighted by Crippen LogP contribution is -2.51. The Morgan fingerprint density at radius 3 is 2.80 bits per heavy atom. The molecule has 1 aromatic carbocycles. The summed E-state index contributed by atoms with van der Waals surface area (Å²) in [6, 6.07) is 5.15. The van der Waals surface area contributed by atoms with Crippen LogP contribution in [0.4, 0.5) is 4.39 Å². The molecule has 0 fully saturated rings. The molecule has 0 spiro atoms. The van der Waals surface area contributed by atoms with Gasteiger partial charge in [-0.1, -0.05) is 12.1 Å². The van der Waals surface area contributed by atoms with Crippen LogP contribution in [0.5, 0.6) is 0 Å². The molecule has 0 aliphatic carbocycles. The Labute approximate surface area is 144 Å².